The number of nitrogens with two attached hydrogens (primary N) is 2. The van der Waals surface area contributed by atoms with Crippen molar-refractivity contribution in [1.29, 1.82) is 0 Å². The highest BCUT2D eigenvalue weighted by molar-refractivity contribution is 5.92. The average molecular weight is 203 g/mol. The number of carbonyl (C=O) groups is 1. The molecule has 15 heavy (non-hydrogen) atoms. The maximum atomic E-state index is 10.8. The molecule has 0 aliphatic rings. The fourth-order valence-corrected chi connectivity index (χ4v) is 1.16. The Morgan fingerprint density at radius 2 is 2.13 bits per heavy atom. The van der Waals surface area contributed by atoms with Gasteiger partial charge in [-0.05, 0) is 6.07 Å². The SMILES string of the molecule is NC(=O)c1cnn(-c2cncc(N)c2)c1. The molecule has 0 saturated carbocycles. The summed E-state index contributed by atoms with van der Waals surface area (Å²) in [6.07, 6.45) is 6.04. The van der Waals surface area contributed by atoms with E-state index in [-0.39, 0.29) is 0 Å². The van der Waals surface area contributed by atoms with Crippen LogP contribution in [0.2, 0.25) is 0 Å². The van der Waals surface area contributed by atoms with Crippen LogP contribution in [0.25, 0.3) is 5.69 Å². The number of amides is 1. The van der Waals surface area contributed by atoms with Crippen molar-refractivity contribution in [3.05, 3.63) is 36.4 Å². The highest BCUT2D eigenvalue weighted by Crippen LogP contribution is 2.09. The monoisotopic (exact) mass is 203 g/mol. The molecule has 0 atom stereocenters. The van der Waals surface area contributed by atoms with Crippen molar-refractivity contribution in [2.24, 2.45) is 5.73 Å². The number of aromatic nitrogens is 3. The summed E-state index contributed by atoms with van der Waals surface area (Å²) in [6, 6.07) is 1.70. The van der Waals surface area contributed by atoms with Crippen LogP contribution in [-0.2, 0) is 0 Å². The second-order valence-corrected chi connectivity index (χ2v) is 3.01. The summed E-state index contributed by atoms with van der Waals surface area (Å²) in [6.45, 7) is 0. The van der Waals surface area contributed by atoms with Crippen LogP contribution in [0.3, 0.4) is 0 Å². The third-order valence-corrected chi connectivity index (χ3v) is 1.88. The zero-order valence-corrected chi connectivity index (χ0v) is 7.79. The largest absolute Gasteiger partial charge is 0.397 e. The number of rotatable bonds is 2. The molecule has 0 radical (unpaired) electrons. The summed E-state index contributed by atoms with van der Waals surface area (Å²) < 4.78 is 1.49. The molecule has 0 spiro atoms. The van der Waals surface area contributed by atoms with Gasteiger partial charge in [0.05, 0.1) is 29.3 Å². The van der Waals surface area contributed by atoms with Gasteiger partial charge < -0.3 is 11.5 Å². The highest BCUT2D eigenvalue weighted by Gasteiger charge is 2.05. The fourth-order valence-electron chi connectivity index (χ4n) is 1.16. The number of hydrogen-bond donors (Lipinski definition) is 2. The minimum absolute atomic E-state index is 0.345. The molecule has 0 aliphatic heterocycles. The number of carbonyl (C=O) groups excluding carboxylic acids is 1. The van der Waals surface area contributed by atoms with Gasteiger partial charge in [0.2, 0.25) is 0 Å². The second-order valence-electron chi connectivity index (χ2n) is 3.01. The van der Waals surface area contributed by atoms with Gasteiger partial charge in [-0.25, -0.2) is 4.68 Å². The molecule has 6 nitrogen and oxygen atoms in total. The molecule has 2 aromatic heterocycles. The van der Waals surface area contributed by atoms with Crippen LogP contribution in [0, 0.1) is 0 Å². The fraction of sp³-hybridized carbons (Fsp3) is 0. The summed E-state index contributed by atoms with van der Waals surface area (Å²) in [5, 5.41) is 3.97. The third-order valence-electron chi connectivity index (χ3n) is 1.88. The molecule has 6 heteroatoms. The van der Waals surface area contributed by atoms with Crippen molar-refractivity contribution in [2.45, 2.75) is 0 Å². The predicted molar refractivity (Wildman–Crippen MR) is 54.3 cm³/mol. The molecule has 1 amide bonds. The lowest BCUT2D eigenvalue weighted by molar-refractivity contribution is 0.100. The summed E-state index contributed by atoms with van der Waals surface area (Å²) in [5.74, 6) is -0.516. The molecule has 0 aliphatic carbocycles. The van der Waals surface area contributed by atoms with Gasteiger partial charge in [0.15, 0.2) is 0 Å². The van der Waals surface area contributed by atoms with Crippen LogP contribution >= 0.6 is 0 Å². The Balaban J connectivity index is 2.41. The average Bonchev–Trinajstić information content (AvgIpc) is 2.66. The summed E-state index contributed by atoms with van der Waals surface area (Å²) >= 11 is 0. The molecule has 4 N–H and O–H groups in total. The topological polar surface area (TPSA) is 99.8 Å². The molecule has 2 rings (SSSR count). The van der Waals surface area contributed by atoms with E-state index in [0.29, 0.717) is 16.9 Å². The van der Waals surface area contributed by atoms with Gasteiger partial charge in [0.1, 0.15) is 0 Å². The zero-order chi connectivity index (χ0) is 10.8. The van der Waals surface area contributed by atoms with Gasteiger partial charge in [0.25, 0.3) is 5.91 Å². The molecule has 76 valence electrons. The molecule has 0 aromatic carbocycles. The number of nitrogen functional groups attached to an aromatic ring is 1. The van der Waals surface area contributed by atoms with E-state index in [0.717, 1.165) is 0 Å². The van der Waals surface area contributed by atoms with Crippen LogP contribution in [0.1, 0.15) is 10.4 Å². The quantitative estimate of drug-likeness (QED) is 0.714. The Kier molecular flexibility index (Phi) is 2.09. The Hall–Kier alpha value is -2.37. The molecule has 0 unspecified atom stereocenters. The maximum Gasteiger partial charge on any atom is 0.251 e. The van der Waals surface area contributed by atoms with Crippen molar-refractivity contribution in [3.63, 3.8) is 0 Å². The highest BCUT2D eigenvalue weighted by atomic mass is 16.1. The molecular weight excluding hydrogens is 194 g/mol. The van der Waals surface area contributed by atoms with Crippen molar-refractivity contribution in [1.82, 2.24) is 14.8 Å². The van der Waals surface area contributed by atoms with Gasteiger partial charge in [-0.15, -0.1) is 0 Å². The van der Waals surface area contributed by atoms with Gasteiger partial charge >= 0.3 is 0 Å². The van der Waals surface area contributed by atoms with E-state index in [1.807, 2.05) is 0 Å². The summed E-state index contributed by atoms with van der Waals surface area (Å²) in [4.78, 5) is 14.8. The van der Waals surface area contributed by atoms with Crippen LogP contribution < -0.4 is 11.5 Å². The normalized spacial score (nSPS) is 10.1. The minimum atomic E-state index is -0.516. The first-order valence-electron chi connectivity index (χ1n) is 4.22. The van der Waals surface area contributed by atoms with E-state index in [4.69, 9.17) is 11.5 Å². The number of hydrogen-bond acceptors (Lipinski definition) is 4. The van der Waals surface area contributed by atoms with Crippen molar-refractivity contribution in [3.8, 4) is 5.69 Å². The molecule has 0 fully saturated rings. The van der Waals surface area contributed by atoms with Gasteiger partial charge in [-0.1, -0.05) is 0 Å². The second kappa shape index (κ2) is 3.41. The van der Waals surface area contributed by atoms with Gasteiger partial charge in [-0.3, -0.25) is 9.78 Å². The number of anilines is 1. The van der Waals surface area contributed by atoms with Crippen molar-refractivity contribution in [2.75, 3.05) is 5.73 Å². The third kappa shape index (κ3) is 1.78. The van der Waals surface area contributed by atoms with E-state index in [1.165, 1.54) is 23.3 Å². The first-order valence-corrected chi connectivity index (χ1v) is 4.22. The summed E-state index contributed by atoms with van der Waals surface area (Å²) in [5.41, 5.74) is 12.2. The van der Waals surface area contributed by atoms with Crippen LogP contribution in [0.4, 0.5) is 5.69 Å². The van der Waals surface area contributed by atoms with Gasteiger partial charge in [-0.2, -0.15) is 5.10 Å². The van der Waals surface area contributed by atoms with E-state index in [2.05, 4.69) is 10.1 Å². The van der Waals surface area contributed by atoms with Crippen molar-refractivity contribution >= 4 is 11.6 Å². The lowest BCUT2D eigenvalue weighted by atomic mass is 10.3. The lowest BCUT2D eigenvalue weighted by Crippen LogP contribution is -2.09. The zero-order valence-electron chi connectivity index (χ0n) is 7.79. The molecule has 0 saturated heterocycles. The summed E-state index contributed by atoms with van der Waals surface area (Å²) in [7, 11) is 0. The molecular formula is C9H9N5O. The molecule has 0 bridgehead atoms. The Morgan fingerprint density at radius 1 is 1.33 bits per heavy atom. The van der Waals surface area contributed by atoms with Crippen LogP contribution in [0.15, 0.2) is 30.9 Å². The van der Waals surface area contributed by atoms with Crippen molar-refractivity contribution < 1.29 is 4.79 Å². The smallest absolute Gasteiger partial charge is 0.251 e. The number of pyridine rings is 1. The van der Waals surface area contributed by atoms with E-state index in [9.17, 15) is 4.79 Å². The standard InChI is InChI=1S/C9H9N5O/c10-7-1-8(4-12-3-7)14-5-6(2-13-14)9(11)15/h1-5H,10H2,(H2,11,15). The first kappa shape index (κ1) is 9.20. The van der Waals surface area contributed by atoms with E-state index in [1.54, 1.807) is 12.3 Å². The van der Waals surface area contributed by atoms with Gasteiger partial charge in [0, 0.05) is 12.4 Å². The number of primary amides is 1. The Bertz CT molecular complexity index is 505. The van der Waals surface area contributed by atoms with Crippen LogP contribution in [-0.4, -0.2) is 20.7 Å². The molecule has 2 heterocycles. The van der Waals surface area contributed by atoms with E-state index >= 15 is 0 Å². The predicted octanol–water partition coefficient (Wildman–Crippen LogP) is -0.0516. The van der Waals surface area contributed by atoms with E-state index < -0.39 is 5.91 Å². The first-order chi connectivity index (χ1) is 7.16. The Labute approximate surface area is 85.5 Å². The Morgan fingerprint density at radius 3 is 2.73 bits per heavy atom. The van der Waals surface area contributed by atoms with Crippen LogP contribution in [0.5, 0.6) is 0 Å². The maximum absolute atomic E-state index is 10.8. The lowest BCUT2D eigenvalue weighted by Gasteiger charge is -2.00. The minimum Gasteiger partial charge on any atom is -0.397 e. The molecule has 2 aromatic rings. The number of nitrogens with zero attached hydrogens (tertiary/aromatic N) is 3.